The first-order chi connectivity index (χ1) is 6.65. The Morgan fingerprint density at radius 1 is 1.29 bits per heavy atom. The van der Waals surface area contributed by atoms with Crippen LogP contribution < -0.4 is 0 Å². The van der Waals surface area contributed by atoms with Crippen molar-refractivity contribution in [2.24, 2.45) is 0 Å². The van der Waals surface area contributed by atoms with Gasteiger partial charge < -0.3 is 0 Å². The molecule has 14 heavy (non-hydrogen) atoms. The first-order valence-electron chi connectivity index (χ1n) is 4.57. The van der Waals surface area contributed by atoms with Crippen LogP contribution in [0, 0.1) is 20.8 Å². The summed E-state index contributed by atoms with van der Waals surface area (Å²) < 4.78 is 1.99. The van der Waals surface area contributed by atoms with Gasteiger partial charge in [-0.3, -0.25) is 4.68 Å². The third-order valence-electron chi connectivity index (χ3n) is 2.05. The Bertz CT molecular complexity index is 442. The summed E-state index contributed by atoms with van der Waals surface area (Å²) in [6.45, 7) is 6.89. The molecule has 3 nitrogen and oxygen atoms in total. The van der Waals surface area contributed by atoms with E-state index in [4.69, 9.17) is 0 Å². The van der Waals surface area contributed by atoms with Crippen LogP contribution in [0.2, 0.25) is 0 Å². The molecule has 0 aliphatic carbocycles. The smallest absolute Gasteiger partial charge is 0.114 e. The Morgan fingerprint density at radius 3 is 2.57 bits per heavy atom. The Morgan fingerprint density at radius 2 is 2.07 bits per heavy atom. The third kappa shape index (κ3) is 1.85. The topological polar surface area (TPSA) is 30.7 Å². The predicted molar refractivity (Wildman–Crippen MR) is 57.7 cm³/mol. The lowest BCUT2D eigenvalue weighted by molar-refractivity contribution is 0.655. The molecule has 0 fully saturated rings. The number of nitrogens with zero attached hydrogens (tertiary/aromatic N) is 3. The maximum atomic E-state index is 4.41. The number of thiazole rings is 1. The second-order valence-electron chi connectivity index (χ2n) is 3.47. The van der Waals surface area contributed by atoms with Gasteiger partial charge in [-0.2, -0.15) is 5.10 Å². The summed E-state index contributed by atoms with van der Waals surface area (Å²) in [4.78, 5) is 4.41. The Labute approximate surface area is 87.4 Å². The van der Waals surface area contributed by atoms with Crippen LogP contribution in [0.15, 0.2) is 11.4 Å². The fraction of sp³-hybridized carbons (Fsp3) is 0.400. The monoisotopic (exact) mass is 207 g/mol. The molecular weight excluding hydrogens is 194 g/mol. The van der Waals surface area contributed by atoms with Crippen molar-refractivity contribution >= 4 is 11.3 Å². The van der Waals surface area contributed by atoms with E-state index in [2.05, 4.69) is 28.5 Å². The number of aromatic nitrogens is 3. The second-order valence-corrected chi connectivity index (χ2v) is 4.41. The van der Waals surface area contributed by atoms with E-state index in [0.29, 0.717) is 0 Å². The van der Waals surface area contributed by atoms with Crippen molar-refractivity contribution < 1.29 is 0 Å². The van der Waals surface area contributed by atoms with E-state index in [-0.39, 0.29) is 0 Å². The van der Waals surface area contributed by atoms with Crippen molar-refractivity contribution in [1.82, 2.24) is 14.8 Å². The summed E-state index contributed by atoms with van der Waals surface area (Å²) in [5.74, 6) is 0. The SMILES string of the molecule is Cc1csc(Cn2nc(C)cc2C)n1. The average Bonchev–Trinajstić information content (AvgIpc) is 2.61. The van der Waals surface area contributed by atoms with Gasteiger partial charge in [-0.05, 0) is 26.8 Å². The van der Waals surface area contributed by atoms with Crippen molar-refractivity contribution in [3.63, 3.8) is 0 Å². The summed E-state index contributed by atoms with van der Waals surface area (Å²) in [6.07, 6.45) is 0. The molecule has 0 N–H and O–H groups in total. The number of hydrogen-bond acceptors (Lipinski definition) is 3. The molecule has 0 saturated carbocycles. The van der Waals surface area contributed by atoms with Crippen molar-refractivity contribution in [1.29, 1.82) is 0 Å². The first kappa shape index (κ1) is 9.40. The van der Waals surface area contributed by atoms with Crippen LogP contribution in [-0.4, -0.2) is 14.8 Å². The minimum atomic E-state index is 0.790. The summed E-state index contributed by atoms with van der Waals surface area (Å²) in [5.41, 5.74) is 3.35. The molecule has 0 bridgehead atoms. The van der Waals surface area contributed by atoms with Crippen LogP contribution in [-0.2, 0) is 6.54 Å². The minimum absolute atomic E-state index is 0.790. The van der Waals surface area contributed by atoms with Gasteiger partial charge in [-0.15, -0.1) is 11.3 Å². The predicted octanol–water partition coefficient (Wildman–Crippen LogP) is 2.31. The van der Waals surface area contributed by atoms with Gasteiger partial charge in [-0.1, -0.05) is 0 Å². The van der Waals surface area contributed by atoms with Gasteiger partial charge in [0.1, 0.15) is 5.01 Å². The standard InChI is InChI=1S/C10H13N3S/c1-7-4-9(3)13(12-7)5-10-11-8(2)6-14-10/h4,6H,5H2,1-3H3. The maximum Gasteiger partial charge on any atom is 0.114 e. The van der Waals surface area contributed by atoms with Crippen molar-refractivity contribution in [2.45, 2.75) is 27.3 Å². The fourth-order valence-electron chi connectivity index (χ4n) is 1.44. The van der Waals surface area contributed by atoms with E-state index < -0.39 is 0 Å². The molecule has 0 spiro atoms. The van der Waals surface area contributed by atoms with E-state index in [9.17, 15) is 0 Å². The number of rotatable bonds is 2. The largest absolute Gasteiger partial charge is 0.263 e. The van der Waals surface area contributed by atoms with Crippen LogP contribution in [0.1, 0.15) is 22.1 Å². The first-order valence-corrected chi connectivity index (χ1v) is 5.45. The molecule has 0 aliphatic heterocycles. The Balaban J connectivity index is 2.22. The van der Waals surface area contributed by atoms with Crippen LogP contribution in [0.4, 0.5) is 0 Å². The number of aryl methyl sites for hydroxylation is 3. The quantitative estimate of drug-likeness (QED) is 0.756. The van der Waals surface area contributed by atoms with Crippen LogP contribution in [0.3, 0.4) is 0 Å². The van der Waals surface area contributed by atoms with Gasteiger partial charge >= 0.3 is 0 Å². The molecule has 0 aromatic carbocycles. The summed E-state index contributed by atoms with van der Waals surface area (Å²) >= 11 is 1.69. The average molecular weight is 207 g/mol. The molecule has 0 atom stereocenters. The zero-order chi connectivity index (χ0) is 10.1. The molecule has 2 aromatic heterocycles. The van der Waals surface area contributed by atoms with E-state index in [1.54, 1.807) is 11.3 Å². The van der Waals surface area contributed by atoms with Crippen LogP contribution >= 0.6 is 11.3 Å². The van der Waals surface area contributed by atoms with Crippen molar-refractivity contribution in [3.05, 3.63) is 33.5 Å². The highest BCUT2D eigenvalue weighted by Gasteiger charge is 2.04. The lowest BCUT2D eigenvalue weighted by Gasteiger charge is -1.99. The minimum Gasteiger partial charge on any atom is -0.263 e. The molecule has 2 heterocycles. The fourth-order valence-corrected chi connectivity index (χ4v) is 2.19. The van der Waals surface area contributed by atoms with Gasteiger partial charge in [0.2, 0.25) is 0 Å². The molecular formula is C10H13N3S. The van der Waals surface area contributed by atoms with Crippen LogP contribution in [0.5, 0.6) is 0 Å². The van der Waals surface area contributed by atoms with E-state index in [0.717, 1.165) is 22.9 Å². The molecule has 0 aliphatic rings. The van der Waals surface area contributed by atoms with E-state index >= 15 is 0 Å². The molecule has 2 aromatic rings. The lowest BCUT2D eigenvalue weighted by atomic mass is 10.4. The van der Waals surface area contributed by atoms with Gasteiger partial charge in [0, 0.05) is 16.8 Å². The molecule has 0 amide bonds. The summed E-state index contributed by atoms with van der Waals surface area (Å²) in [6, 6.07) is 2.08. The third-order valence-corrected chi connectivity index (χ3v) is 3.01. The lowest BCUT2D eigenvalue weighted by Crippen LogP contribution is -2.03. The highest BCUT2D eigenvalue weighted by molar-refractivity contribution is 7.09. The van der Waals surface area contributed by atoms with Gasteiger partial charge in [0.15, 0.2) is 0 Å². The van der Waals surface area contributed by atoms with Crippen molar-refractivity contribution in [2.75, 3.05) is 0 Å². The highest BCUT2D eigenvalue weighted by atomic mass is 32.1. The van der Waals surface area contributed by atoms with E-state index in [1.807, 2.05) is 18.5 Å². The molecule has 0 unspecified atom stereocenters. The Kier molecular flexibility index (Phi) is 2.37. The highest BCUT2D eigenvalue weighted by Crippen LogP contribution is 2.11. The van der Waals surface area contributed by atoms with E-state index in [1.165, 1.54) is 5.69 Å². The molecule has 4 heteroatoms. The molecule has 0 radical (unpaired) electrons. The normalized spacial score (nSPS) is 10.8. The van der Waals surface area contributed by atoms with Crippen molar-refractivity contribution in [3.8, 4) is 0 Å². The summed E-state index contributed by atoms with van der Waals surface area (Å²) in [7, 11) is 0. The molecule has 0 saturated heterocycles. The van der Waals surface area contributed by atoms with Crippen LogP contribution in [0.25, 0.3) is 0 Å². The van der Waals surface area contributed by atoms with Gasteiger partial charge in [0.05, 0.1) is 12.2 Å². The Hall–Kier alpha value is -1.16. The zero-order valence-electron chi connectivity index (χ0n) is 8.61. The second kappa shape index (κ2) is 3.53. The van der Waals surface area contributed by atoms with Gasteiger partial charge in [-0.25, -0.2) is 4.98 Å². The molecule has 74 valence electrons. The number of hydrogen-bond donors (Lipinski definition) is 0. The van der Waals surface area contributed by atoms with Gasteiger partial charge in [0.25, 0.3) is 0 Å². The maximum absolute atomic E-state index is 4.41. The summed E-state index contributed by atoms with van der Waals surface area (Å²) in [5, 5.41) is 7.59. The zero-order valence-corrected chi connectivity index (χ0v) is 9.43. The molecule has 2 rings (SSSR count).